The minimum absolute atomic E-state index is 0.0231. The summed E-state index contributed by atoms with van der Waals surface area (Å²) < 4.78 is 42.7. The van der Waals surface area contributed by atoms with Crippen molar-refractivity contribution in [3.8, 4) is 11.5 Å². The van der Waals surface area contributed by atoms with Crippen LogP contribution in [0.3, 0.4) is 0 Å². The number of nitrogens with zero attached hydrogens (tertiary/aromatic N) is 1. The van der Waals surface area contributed by atoms with Gasteiger partial charge in [0.25, 0.3) is 0 Å². The Kier molecular flexibility index (Phi) is 6.33. The van der Waals surface area contributed by atoms with Crippen molar-refractivity contribution in [2.45, 2.75) is 17.9 Å². The number of sulfonamides is 1. The summed E-state index contributed by atoms with van der Waals surface area (Å²) in [5.74, 6) is 0.302. The summed E-state index contributed by atoms with van der Waals surface area (Å²) in [5.41, 5.74) is 0.684. The van der Waals surface area contributed by atoms with Gasteiger partial charge in [0.15, 0.2) is 0 Å². The molecule has 1 fully saturated rings. The Balaban J connectivity index is 1.92. The Hall–Kier alpha value is -1.71. The highest BCUT2D eigenvalue weighted by atomic mass is 35.5. The summed E-state index contributed by atoms with van der Waals surface area (Å²) >= 11 is 5.81. The van der Waals surface area contributed by atoms with E-state index in [1.54, 1.807) is 6.07 Å². The van der Waals surface area contributed by atoms with Crippen molar-refractivity contribution in [1.82, 2.24) is 10.2 Å². The number of rotatable bonds is 5. The largest absolute Gasteiger partial charge is 0.457 e. The van der Waals surface area contributed by atoms with Crippen LogP contribution in [0.2, 0.25) is 5.02 Å². The Morgan fingerprint density at radius 1 is 1.19 bits per heavy atom. The van der Waals surface area contributed by atoms with Gasteiger partial charge in [-0.15, -0.1) is 0 Å². The van der Waals surface area contributed by atoms with Gasteiger partial charge in [0.05, 0.1) is 9.92 Å². The molecule has 3 N–H and O–H groups in total. The van der Waals surface area contributed by atoms with E-state index in [1.807, 2.05) is 0 Å². The van der Waals surface area contributed by atoms with Crippen molar-refractivity contribution < 1.29 is 17.5 Å². The number of nitrogens with one attached hydrogen (secondary N) is 1. The third-order valence-corrected chi connectivity index (χ3v) is 5.51. The number of hydrogen-bond acceptors (Lipinski definition) is 5. The van der Waals surface area contributed by atoms with E-state index in [0.29, 0.717) is 23.6 Å². The molecule has 9 heteroatoms. The fourth-order valence-corrected chi connectivity index (χ4v) is 3.66. The molecule has 1 heterocycles. The van der Waals surface area contributed by atoms with Crippen molar-refractivity contribution in [2.24, 2.45) is 5.14 Å². The summed E-state index contributed by atoms with van der Waals surface area (Å²) in [5, 5.41) is 8.55. The molecule has 0 saturated carbocycles. The average Bonchev–Trinajstić information content (AvgIpc) is 2.87. The highest BCUT2D eigenvalue weighted by Gasteiger charge is 2.17. The van der Waals surface area contributed by atoms with Gasteiger partial charge in [-0.3, -0.25) is 4.90 Å². The quantitative estimate of drug-likeness (QED) is 0.787. The van der Waals surface area contributed by atoms with Crippen LogP contribution in [0.25, 0.3) is 0 Å². The smallest absolute Gasteiger partial charge is 0.238 e. The van der Waals surface area contributed by atoms with E-state index in [2.05, 4.69) is 10.2 Å². The molecule has 3 rings (SSSR count). The standard InChI is InChI=1S/C18H21ClFN3O3S/c19-16-11-14(2-4-17(16)20)26-18-5-3-15(27(21,24)25)10-13(18)12-23-8-1-6-22-7-9-23/h2-5,10-11,22H,1,6-9,12H2,(H2,21,24,25). The molecule has 6 nitrogen and oxygen atoms in total. The lowest BCUT2D eigenvalue weighted by atomic mass is 10.1. The first-order valence-corrected chi connectivity index (χ1v) is 10.5. The molecule has 1 aliphatic heterocycles. The predicted molar refractivity (Wildman–Crippen MR) is 102 cm³/mol. The average molecular weight is 414 g/mol. The minimum Gasteiger partial charge on any atom is -0.457 e. The number of hydrogen-bond donors (Lipinski definition) is 2. The van der Waals surface area contributed by atoms with Crippen LogP contribution in [0.15, 0.2) is 41.3 Å². The minimum atomic E-state index is -3.83. The first-order valence-electron chi connectivity index (χ1n) is 8.54. The molecule has 1 saturated heterocycles. The lowest BCUT2D eigenvalue weighted by Crippen LogP contribution is -2.28. The third kappa shape index (κ3) is 5.40. The Morgan fingerprint density at radius 2 is 2.00 bits per heavy atom. The van der Waals surface area contributed by atoms with Gasteiger partial charge in [0.1, 0.15) is 17.3 Å². The van der Waals surface area contributed by atoms with Crippen LogP contribution >= 0.6 is 11.6 Å². The molecule has 146 valence electrons. The van der Waals surface area contributed by atoms with Crippen LogP contribution in [0.1, 0.15) is 12.0 Å². The Morgan fingerprint density at radius 3 is 2.74 bits per heavy atom. The maximum atomic E-state index is 13.4. The molecule has 1 aliphatic rings. The second kappa shape index (κ2) is 8.53. The Labute approximate surface area is 163 Å². The zero-order valence-electron chi connectivity index (χ0n) is 14.6. The lowest BCUT2D eigenvalue weighted by Gasteiger charge is -2.21. The number of halogens is 2. The fourth-order valence-electron chi connectivity index (χ4n) is 2.92. The van der Waals surface area contributed by atoms with Gasteiger partial charge in [-0.05, 0) is 49.8 Å². The van der Waals surface area contributed by atoms with E-state index in [0.717, 1.165) is 32.6 Å². The van der Waals surface area contributed by atoms with Gasteiger partial charge in [-0.1, -0.05) is 11.6 Å². The van der Waals surface area contributed by atoms with Crippen molar-refractivity contribution >= 4 is 21.6 Å². The van der Waals surface area contributed by atoms with E-state index >= 15 is 0 Å². The highest BCUT2D eigenvalue weighted by molar-refractivity contribution is 7.89. The molecule has 0 aliphatic carbocycles. The van der Waals surface area contributed by atoms with Gasteiger partial charge >= 0.3 is 0 Å². The van der Waals surface area contributed by atoms with Crippen LogP contribution in [0.5, 0.6) is 11.5 Å². The molecule has 0 atom stereocenters. The molecule has 0 spiro atoms. The highest BCUT2D eigenvalue weighted by Crippen LogP contribution is 2.30. The molecule has 0 bridgehead atoms. The maximum Gasteiger partial charge on any atom is 0.238 e. The van der Waals surface area contributed by atoms with E-state index in [9.17, 15) is 12.8 Å². The molecule has 0 aromatic heterocycles. The van der Waals surface area contributed by atoms with Crippen molar-refractivity contribution in [2.75, 3.05) is 26.2 Å². The first kappa shape index (κ1) is 20.0. The fraction of sp³-hybridized carbons (Fsp3) is 0.333. The topological polar surface area (TPSA) is 84.7 Å². The monoisotopic (exact) mass is 413 g/mol. The van der Waals surface area contributed by atoms with Gasteiger partial charge in [0.2, 0.25) is 10.0 Å². The van der Waals surface area contributed by atoms with Crippen LogP contribution in [-0.2, 0) is 16.6 Å². The van der Waals surface area contributed by atoms with Crippen molar-refractivity contribution in [3.05, 3.63) is 52.8 Å². The summed E-state index contributed by atoms with van der Waals surface area (Å²) in [6.45, 7) is 4.04. The number of nitrogens with two attached hydrogens (primary N) is 1. The van der Waals surface area contributed by atoms with Crippen LogP contribution in [0.4, 0.5) is 4.39 Å². The van der Waals surface area contributed by atoms with Gasteiger partial charge in [0, 0.05) is 31.3 Å². The third-order valence-electron chi connectivity index (χ3n) is 4.31. The predicted octanol–water partition coefficient (Wildman–Crippen LogP) is 2.71. The van der Waals surface area contributed by atoms with Crippen LogP contribution in [0, 0.1) is 5.82 Å². The summed E-state index contributed by atoms with van der Waals surface area (Å²) in [6, 6.07) is 8.54. The molecular weight excluding hydrogens is 393 g/mol. The summed E-state index contributed by atoms with van der Waals surface area (Å²) in [7, 11) is -3.83. The van der Waals surface area contributed by atoms with Gasteiger partial charge < -0.3 is 10.1 Å². The number of primary sulfonamides is 1. The normalized spacial score (nSPS) is 16.1. The SMILES string of the molecule is NS(=O)(=O)c1ccc(Oc2ccc(F)c(Cl)c2)c(CN2CCCNCC2)c1. The van der Waals surface area contributed by atoms with E-state index in [4.69, 9.17) is 21.5 Å². The molecule has 2 aromatic carbocycles. The first-order chi connectivity index (χ1) is 12.8. The van der Waals surface area contributed by atoms with E-state index < -0.39 is 15.8 Å². The van der Waals surface area contributed by atoms with Crippen molar-refractivity contribution in [3.63, 3.8) is 0 Å². The van der Waals surface area contributed by atoms with E-state index in [1.165, 1.54) is 30.3 Å². The second-order valence-corrected chi connectivity index (χ2v) is 8.34. The van der Waals surface area contributed by atoms with Gasteiger partial charge in [-0.25, -0.2) is 17.9 Å². The van der Waals surface area contributed by atoms with Crippen LogP contribution in [-0.4, -0.2) is 39.5 Å². The van der Waals surface area contributed by atoms with Crippen molar-refractivity contribution in [1.29, 1.82) is 0 Å². The second-order valence-electron chi connectivity index (χ2n) is 6.37. The number of benzene rings is 2. The van der Waals surface area contributed by atoms with E-state index in [-0.39, 0.29) is 9.92 Å². The summed E-state index contributed by atoms with van der Waals surface area (Å²) in [6.07, 6.45) is 0.999. The molecular formula is C18H21ClFN3O3S. The number of ether oxygens (including phenoxy) is 1. The Bertz CT molecular complexity index is 916. The maximum absolute atomic E-state index is 13.4. The molecule has 0 radical (unpaired) electrons. The van der Waals surface area contributed by atoms with Crippen LogP contribution < -0.4 is 15.2 Å². The molecule has 0 amide bonds. The molecule has 2 aromatic rings. The summed E-state index contributed by atoms with van der Waals surface area (Å²) in [4.78, 5) is 2.24. The zero-order valence-corrected chi connectivity index (χ0v) is 16.2. The molecule has 27 heavy (non-hydrogen) atoms. The molecule has 0 unspecified atom stereocenters. The zero-order chi connectivity index (χ0) is 19.4. The van der Waals surface area contributed by atoms with Gasteiger partial charge in [-0.2, -0.15) is 0 Å². The lowest BCUT2D eigenvalue weighted by molar-refractivity contribution is 0.280.